The molecular weight excluding hydrogens is 164 g/mol. The summed E-state index contributed by atoms with van der Waals surface area (Å²) >= 11 is 0. The molecule has 2 aliphatic rings. The maximum Gasteiger partial charge on any atom is 0.0818 e. The summed E-state index contributed by atoms with van der Waals surface area (Å²) in [5, 5.41) is 3.40. The fourth-order valence-electron chi connectivity index (χ4n) is 2.10. The fraction of sp³-hybridized carbons (Fsp3) is 0.900. The summed E-state index contributed by atoms with van der Waals surface area (Å²) in [5.41, 5.74) is 0. The van der Waals surface area contributed by atoms with E-state index in [0.29, 0.717) is 6.10 Å². The summed E-state index contributed by atoms with van der Waals surface area (Å²) in [7, 11) is 2.17. The van der Waals surface area contributed by atoms with Gasteiger partial charge in [0.15, 0.2) is 0 Å². The van der Waals surface area contributed by atoms with E-state index in [1.807, 2.05) is 0 Å². The summed E-state index contributed by atoms with van der Waals surface area (Å²) in [6.45, 7) is 4.19. The Labute approximate surface area is 80.4 Å². The molecule has 1 N–H and O–H groups in total. The van der Waals surface area contributed by atoms with E-state index >= 15 is 0 Å². The molecule has 2 saturated heterocycles. The van der Waals surface area contributed by atoms with Gasteiger partial charge >= 0.3 is 0 Å². The van der Waals surface area contributed by atoms with Gasteiger partial charge in [-0.3, -0.25) is 4.90 Å². The highest BCUT2D eigenvalue weighted by Crippen LogP contribution is 2.24. The molecule has 0 aromatic heterocycles. The molecule has 13 heavy (non-hydrogen) atoms. The van der Waals surface area contributed by atoms with Gasteiger partial charge in [0.25, 0.3) is 0 Å². The van der Waals surface area contributed by atoms with E-state index in [1.54, 1.807) is 0 Å². The second-order valence-electron chi connectivity index (χ2n) is 3.94. The molecule has 0 bridgehead atoms. The average Bonchev–Trinajstić information content (AvgIpc) is 2.20. The molecule has 2 rings (SSSR count). The standard InChI is InChI=1S/C10H19N2O/c1-12-6-5-11-8-9(12)10-4-2-3-7-13-10/h10-11H,2-8H2,1H3. The number of ether oxygens (including phenoxy) is 1. The van der Waals surface area contributed by atoms with E-state index in [0.717, 1.165) is 26.2 Å². The first-order chi connectivity index (χ1) is 6.38. The van der Waals surface area contributed by atoms with Gasteiger partial charge < -0.3 is 10.1 Å². The Morgan fingerprint density at radius 1 is 1.46 bits per heavy atom. The van der Waals surface area contributed by atoms with Crippen molar-refractivity contribution >= 4 is 0 Å². The van der Waals surface area contributed by atoms with Gasteiger partial charge in [0.1, 0.15) is 0 Å². The first-order valence-corrected chi connectivity index (χ1v) is 5.27. The summed E-state index contributed by atoms with van der Waals surface area (Å²) in [4.78, 5) is 2.35. The lowest BCUT2D eigenvalue weighted by Gasteiger charge is -2.38. The molecule has 1 unspecified atom stereocenters. The second kappa shape index (κ2) is 4.40. The normalized spacial score (nSPS) is 33.5. The smallest absolute Gasteiger partial charge is 0.0818 e. The number of hydrogen-bond acceptors (Lipinski definition) is 3. The third kappa shape index (κ3) is 2.22. The Balaban J connectivity index is 1.88. The number of nitrogens with one attached hydrogen (secondary N) is 1. The van der Waals surface area contributed by atoms with E-state index in [1.165, 1.54) is 25.3 Å². The molecule has 0 aromatic rings. The molecule has 2 aliphatic heterocycles. The predicted octanol–water partition coefficient (Wildman–Crippen LogP) is 0.622. The first-order valence-electron chi connectivity index (χ1n) is 5.27. The molecule has 2 heterocycles. The van der Waals surface area contributed by atoms with Gasteiger partial charge in [-0.25, -0.2) is 0 Å². The van der Waals surface area contributed by atoms with Gasteiger partial charge in [-0.2, -0.15) is 0 Å². The molecule has 3 nitrogen and oxygen atoms in total. The molecule has 1 radical (unpaired) electrons. The minimum Gasteiger partial charge on any atom is -0.376 e. The zero-order chi connectivity index (χ0) is 9.10. The van der Waals surface area contributed by atoms with Crippen LogP contribution in [0.25, 0.3) is 0 Å². The van der Waals surface area contributed by atoms with Crippen LogP contribution in [0.3, 0.4) is 0 Å². The number of likely N-dealkylation sites (N-methyl/N-ethyl adjacent to an activating group) is 1. The van der Waals surface area contributed by atoms with Gasteiger partial charge in [0.05, 0.1) is 12.1 Å². The molecule has 0 aliphatic carbocycles. The van der Waals surface area contributed by atoms with Crippen molar-refractivity contribution in [2.24, 2.45) is 0 Å². The van der Waals surface area contributed by atoms with E-state index in [2.05, 4.69) is 17.3 Å². The Bertz CT molecular complexity index is 157. The van der Waals surface area contributed by atoms with Crippen molar-refractivity contribution in [2.45, 2.75) is 25.4 Å². The number of nitrogens with zero attached hydrogens (tertiary/aromatic N) is 1. The van der Waals surface area contributed by atoms with Crippen LogP contribution in [0, 0.1) is 6.04 Å². The number of rotatable bonds is 1. The maximum atomic E-state index is 5.77. The second-order valence-corrected chi connectivity index (χ2v) is 3.94. The molecular formula is C10H19N2O. The molecule has 0 saturated carbocycles. The molecule has 75 valence electrons. The van der Waals surface area contributed by atoms with Crippen LogP contribution in [0.1, 0.15) is 19.3 Å². The summed E-state index contributed by atoms with van der Waals surface area (Å²) < 4.78 is 5.77. The van der Waals surface area contributed by atoms with Crippen LogP contribution in [0.15, 0.2) is 0 Å². The van der Waals surface area contributed by atoms with Crippen molar-refractivity contribution in [1.82, 2.24) is 10.2 Å². The average molecular weight is 183 g/mol. The van der Waals surface area contributed by atoms with Crippen molar-refractivity contribution < 1.29 is 4.74 Å². The minimum atomic E-state index is 0.395. The fourth-order valence-corrected chi connectivity index (χ4v) is 2.10. The van der Waals surface area contributed by atoms with E-state index in [4.69, 9.17) is 4.74 Å². The minimum absolute atomic E-state index is 0.395. The summed E-state index contributed by atoms with van der Waals surface area (Å²) in [5.74, 6) is 0. The highest BCUT2D eigenvalue weighted by Gasteiger charge is 2.30. The van der Waals surface area contributed by atoms with Crippen LogP contribution < -0.4 is 5.32 Å². The first kappa shape index (κ1) is 9.44. The van der Waals surface area contributed by atoms with Crippen molar-refractivity contribution in [3.63, 3.8) is 0 Å². The van der Waals surface area contributed by atoms with Crippen molar-refractivity contribution in [2.75, 3.05) is 33.3 Å². The van der Waals surface area contributed by atoms with E-state index in [-0.39, 0.29) is 0 Å². The van der Waals surface area contributed by atoms with Crippen molar-refractivity contribution in [3.8, 4) is 0 Å². The third-order valence-electron chi connectivity index (χ3n) is 2.97. The molecule has 2 fully saturated rings. The molecule has 0 amide bonds. The van der Waals surface area contributed by atoms with E-state index < -0.39 is 0 Å². The highest BCUT2D eigenvalue weighted by molar-refractivity contribution is 5.01. The zero-order valence-electron chi connectivity index (χ0n) is 8.38. The van der Waals surface area contributed by atoms with Gasteiger partial charge in [-0.1, -0.05) is 0 Å². The van der Waals surface area contributed by atoms with Crippen LogP contribution in [-0.4, -0.2) is 44.3 Å². The largest absolute Gasteiger partial charge is 0.376 e. The Morgan fingerprint density at radius 2 is 2.38 bits per heavy atom. The lowest BCUT2D eigenvalue weighted by molar-refractivity contribution is -0.00361. The highest BCUT2D eigenvalue weighted by atomic mass is 16.5. The van der Waals surface area contributed by atoms with Gasteiger partial charge in [0, 0.05) is 26.2 Å². The van der Waals surface area contributed by atoms with Crippen LogP contribution in [0.5, 0.6) is 0 Å². The Hall–Kier alpha value is -0.120. The Morgan fingerprint density at radius 3 is 3.08 bits per heavy atom. The summed E-state index contributed by atoms with van der Waals surface area (Å²) in [6.07, 6.45) is 4.16. The molecule has 1 atom stereocenters. The van der Waals surface area contributed by atoms with Crippen LogP contribution >= 0.6 is 0 Å². The number of hydrogen-bond donors (Lipinski definition) is 1. The molecule has 3 heteroatoms. The quantitative estimate of drug-likeness (QED) is 0.645. The van der Waals surface area contributed by atoms with Crippen molar-refractivity contribution in [3.05, 3.63) is 6.04 Å². The number of piperazine rings is 1. The predicted molar refractivity (Wildman–Crippen MR) is 52.3 cm³/mol. The molecule has 0 aromatic carbocycles. The lowest BCUT2D eigenvalue weighted by atomic mass is 10.00. The van der Waals surface area contributed by atoms with Gasteiger partial charge in [-0.05, 0) is 26.3 Å². The lowest BCUT2D eigenvalue weighted by Crippen LogP contribution is -2.50. The Kier molecular flexibility index (Phi) is 3.19. The monoisotopic (exact) mass is 183 g/mol. The summed E-state index contributed by atoms with van der Waals surface area (Å²) in [6, 6.07) is 1.45. The molecule has 0 spiro atoms. The third-order valence-corrected chi connectivity index (χ3v) is 2.97. The van der Waals surface area contributed by atoms with E-state index in [9.17, 15) is 0 Å². The van der Waals surface area contributed by atoms with Gasteiger partial charge in [0.2, 0.25) is 0 Å². The van der Waals surface area contributed by atoms with Crippen LogP contribution in [0.4, 0.5) is 0 Å². The van der Waals surface area contributed by atoms with Crippen molar-refractivity contribution in [1.29, 1.82) is 0 Å². The topological polar surface area (TPSA) is 24.5 Å². The zero-order valence-corrected chi connectivity index (χ0v) is 8.38. The SMILES string of the molecule is CN1CCNC[C]1C1CCCCO1. The van der Waals surface area contributed by atoms with Crippen LogP contribution in [0.2, 0.25) is 0 Å². The maximum absolute atomic E-state index is 5.77. The van der Waals surface area contributed by atoms with Crippen LogP contribution in [-0.2, 0) is 4.74 Å². The van der Waals surface area contributed by atoms with Gasteiger partial charge in [-0.15, -0.1) is 0 Å².